The molecule has 126 valence electrons. The molecule has 0 aliphatic carbocycles. The van der Waals surface area contributed by atoms with Crippen molar-refractivity contribution in [3.05, 3.63) is 64.4 Å². The number of aromatic nitrogens is 1. The molecule has 1 amide bonds. The van der Waals surface area contributed by atoms with Crippen LogP contribution in [0.4, 0.5) is 10.1 Å². The Kier molecular flexibility index (Phi) is 5.57. The molecule has 1 heterocycles. The van der Waals surface area contributed by atoms with Gasteiger partial charge in [-0.05, 0) is 47.7 Å². The number of pyridine rings is 1. The molecule has 0 radical (unpaired) electrons. The van der Waals surface area contributed by atoms with Crippen molar-refractivity contribution in [3.63, 3.8) is 0 Å². The topological polar surface area (TPSA) is 62.2 Å². The first-order valence-corrected chi connectivity index (χ1v) is 7.79. The predicted octanol–water partition coefficient (Wildman–Crippen LogP) is 4.99. The number of amides is 1. The van der Waals surface area contributed by atoms with Gasteiger partial charge in [-0.25, -0.2) is 9.37 Å². The fraction of sp³-hybridized carbons (Fsp3) is 0.222. The van der Waals surface area contributed by atoms with Gasteiger partial charge in [0.05, 0.1) is 17.5 Å². The van der Waals surface area contributed by atoms with E-state index >= 15 is 0 Å². The molecule has 0 fully saturated rings. The zero-order chi connectivity index (χ0) is 17.9. The maximum absolute atomic E-state index is 13.7. The van der Waals surface area contributed by atoms with Crippen LogP contribution in [-0.2, 0) is 0 Å². The lowest BCUT2D eigenvalue weighted by atomic mass is 9.92. The first kappa shape index (κ1) is 17.9. The Hall–Kier alpha value is -2.40. The van der Waals surface area contributed by atoms with Crippen molar-refractivity contribution in [1.29, 1.82) is 0 Å². The second-order valence-corrected chi connectivity index (χ2v) is 6.03. The third-order valence-corrected chi connectivity index (χ3v) is 3.94. The number of aliphatic hydroxyl groups is 1. The number of aliphatic hydroxyl groups excluding tert-OH is 1. The molecule has 0 saturated heterocycles. The lowest BCUT2D eigenvalue weighted by Crippen LogP contribution is -2.16. The van der Waals surface area contributed by atoms with E-state index in [0.29, 0.717) is 16.8 Å². The van der Waals surface area contributed by atoms with Crippen LogP contribution in [0.1, 0.15) is 35.3 Å². The van der Waals surface area contributed by atoms with Crippen molar-refractivity contribution in [2.45, 2.75) is 20.8 Å². The molecule has 2 rings (SSSR count). The number of anilines is 1. The SMILES string of the molecule is Cc1ccnc(Cl)c1NC(=O)c1cc(F)ccc1/C(=C/O)C(C)C. The molecular weight excluding hydrogens is 331 g/mol. The average molecular weight is 349 g/mol. The summed E-state index contributed by atoms with van der Waals surface area (Å²) < 4.78 is 13.7. The Bertz CT molecular complexity index is 783. The molecule has 0 aliphatic heterocycles. The van der Waals surface area contributed by atoms with Crippen LogP contribution in [-0.4, -0.2) is 16.0 Å². The summed E-state index contributed by atoms with van der Waals surface area (Å²) in [6, 6.07) is 5.57. The minimum atomic E-state index is -0.543. The normalized spacial score (nSPS) is 11.7. The summed E-state index contributed by atoms with van der Waals surface area (Å²) in [5.41, 5.74) is 2.23. The molecule has 0 atom stereocenters. The summed E-state index contributed by atoms with van der Waals surface area (Å²) in [6.45, 7) is 5.52. The molecule has 1 aromatic heterocycles. The number of hydrogen-bond acceptors (Lipinski definition) is 3. The summed E-state index contributed by atoms with van der Waals surface area (Å²) >= 11 is 6.02. The molecule has 2 aromatic rings. The van der Waals surface area contributed by atoms with E-state index in [1.54, 1.807) is 13.0 Å². The maximum Gasteiger partial charge on any atom is 0.256 e. The van der Waals surface area contributed by atoms with Crippen molar-refractivity contribution in [3.8, 4) is 0 Å². The first-order valence-electron chi connectivity index (χ1n) is 7.41. The van der Waals surface area contributed by atoms with E-state index in [9.17, 15) is 14.3 Å². The fourth-order valence-electron chi connectivity index (χ4n) is 2.34. The summed E-state index contributed by atoms with van der Waals surface area (Å²) in [5.74, 6) is -1.11. The third kappa shape index (κ3) is 3.74. The van der Waals surface area contributed by atoms with E-state index in [2.05, 4.69) is 10.3 Å². The van der Waals surface area contributed by atoms with Gasteiger partial charge in [-0.1, -0.05) is 31.5 Å². The van der Waals surface area contributed by atoms with Gasteiger partial charge in [0.15, 0.2) is 5.15 Å². The van der Waals surface area contributed by atoms with Crippen LogP contribution in [0.5, 0.6) is 0 Å². The fourth-order valence-corrected chi connectivity index (χ4v) is 2.59. The molecule has 0 spiro atoms. The number of aryl methyl sites for hydroxylation is 1. The van der Waals surface area contributed by atoms with Crippen LogP contribution in [0.15, 0.2) is 36.7 Å². The zero-order valence-electron chi connectivity index (χ0n) is 13.6. The standard InChI is InChI=1S/C18H18ClFN2O2/c1-10(2)15(9-23)13-5-4-12(20)8-14(13)18(24)22-16-11(3)6-7-21-17(16)19/h4-10,23H,1-3H3,(H,22,24)/b15-9+. The van der Waals surface area contributed by atoms with Crippen LogP contribution in [0, 0.1) is 18.7 Å². The van der Waals surface area contributed by atoms with Crippen molar-refractivity contribution in [2.24, 2.45) is 5.92 Å². The predicted molar refractivity (Wildman–Crippen MR) is 93.8 cm³/mol. The van der Waals surface area contributed by atoms with Crippen molar-refractivity contribution >= 4 is 28.8 Å². The molecule has 2 N–H and O–H groups in total. The monoisotopic (exact) mass is 348 g/mol. The van der Waals surface area contributed by atoms with Crippen molar-refractivity contribution in [1.82, 2.24) is 4.98 Å². The Balaban J connectivity index is 2.48. The van der Waals surface area contributed by atoms with Crippen molar-refractivity contribution in [2.75, 3.05) is 5.32 Å². The number of halogens is 2. The van der Waals surface area contributed by atoms with E-state index < -0.39 is 11.7 Å². The summed E-state index contributed by atoms with van der Waals surface area (Å²) in [7, 11) is 0. The minimum absolute atomic E-state index is 0.0456. The van der Waals surface area contributed by atoms with Gasteiger partial charge in [0.1, 0.15) is 5.82 Å². The highest BCUT2D eigenvalue weighted by molar-refractivity contribution is 6.33. The minimum Gasteiger partial charge on any atom is -0.515 e. The Labute approximate surface area is 145 Å². The van der Waals surface area contributed by atoms with Crippen LogP contribution >= 0.6 is 11.6 Å². The van der Waals surface area contributed by atoms with Gasteiger partial charge >= 0.3 is 0 Å². The highest BCUT2D eigenvalue weighted by atomic mass is 35.5. The van der Waals surface area contributed by atoms with Crippen LogP contribution in [0.2, 0.25) is 5.15 Å². The van der Waals surface area contributed by atoms with Gasteiger partial charge in [-0.15, -0.1) is 0 Å². The molecule has 0 unspecified atom stereocenters. The van der Waals surface area contributed by atoms with Crippen LogP contribution < -0.4 is 5.32 Å². The van der Waals surface area contributed by atoms with Crippen LogP contribution in [0.3, 0.4) is 0 Å². The van der Waals surface area contributed by atoms with E-state index in [1.165, 1.54) is 18.3 Å². The Morgan fingerprint density at radius 1 is 1.33 bits per heavy atom. The smallest absolute Gasteiger partial charge is 0.256 e. The number of hydrogen-bond donors (Lipinski definition) is 2. The largest absolute Gasteiger partial charge is 0.515 e. The zero-order valence-corrected chi connectivity index (χ0v) is 14.4. The Morgan fingerprint density at radius 2 is 2.04 bits per heavy atom. The second-order valence-electron chi connectivity index (χ2n) is 5.68. The van der Waals surface area contributed by atoms with Gasteiger partial charge in [0.2, 0.25) is 0 Å². The number of carbonyl (C=O) groups is 1. The molecule has 24 heavy (non-hydrogen) atoms. The molecule has 6 heteroatoms. The maximum atomic E-state index is 13.7. The van der Waals surface area contributed by atoms with E-state index in [1.807, 2.05) is 13.8 Å². The number of carbonyl (C=O) groups excluding carboxylic acids is 1. The van der Waals surface area contributed by atoms with Crippen molar-refractivity contribution < 1.29 is 14.3 Å². The van der Waals surface area contributed by atoms with Gasteiger partial charge in [-0.3, -0.25) is 4.79 Å². The van der Waals surface area contributed by atoms with Gasteiger partial charge in [0, 0.05) is 6.20 Å². The number of nitrogens with one attached hydrogen (secondary N) is 1. The number of allylic oxidation sites excluding steroid dienone is 1. The molecule has 0 aliphatic rings. The van der Waals surface area contributed by atoms with E-state index in [-0.39, 0.29) is 16.6 Å². The molecule has 0 bridgehead atoms. The molecule has 1 aromatic carbocycles. The molecule has 4 nitrogen and oxygen atoms in total. The van der Waals surface area contributed by atoms with E-state index in [0.717, 1.165) is 17.9 Å². The summed E-state index contributed by atoms with van der Waals surface area (Å²) in [4.78, 5) is 16.6. The number of nitrogens with zero attached hydrogens (tertiary/aromatic N) is 1. The summed E-state index contributed by atoms with van der Waals surface area (Å²) in [5, 5.41) is 12.3. The average Bonchev–Trinajstić information content (AvgIpc) is 2.52. The summed E-state index contributed by atoms with van der Waals surface area (Å²) in [6.07, 6.45) is 2.48. The number of rotatable bonds is 4. The second kappa shape index (κ2) is 7.45. The lowest BCUT2D eigenvalue weighted by molar-refractivity contribution is 0.102. The highest BCUT2D eigenvalue weighted by Crippen LogP contribution is 2.29. The van der Waals surface area contributed by atoms with E-state index in [4.69, 9.17) is 11.6 Å². The first-order chi connectivity index (χ1) is 11.3. The Morgan fingerprint density at radius 3 is 2.62 bits per heavy atom. The van der Waals surface area contributed by atoms with Gasteiger partial charge < -0.3 is 10.4 Å². The van der Waals surface area contributed by atoms with Gasteiger partial charge in [0.25, 0.3) is 5.91 Å². The van der Waals surface area contributed by atoms with Crippen LogP contribution in [0.25, 0.3) is 5.57 Å². The third-order valence-electron chi connectivity index (χ3n) is 3.65. The molecular formula is C18H18ClFN2O2. The quantitative estimate of drug-likeness (QED) is 0.604. The number of benzene rings is 1. The van der Waals surface area contributed by atoms with Gasteiger partial charge in [-0.2, -0.15) is 0 Å². The molecule has 0 saturated carbocycles. The highest BCUT2D eigenvalue weighted by Gasteiger charge is 2.19. The lowest BCUT2D eigenvalue weighted by Gasteiger charge is -2.16.